The highest BCUT2D eigenvalue weighted by Crippen LogP contribution is 2.25. The van der Waals surface area contributed by atoms with Crippen LogP contribution in [0, 0.1) is 6.92 Å². The van der Waals surface area contributed by atoms with E-state index >= 15 is 0 Å². The Balaban J connectivity index is 2.14. The molecule has 2 aromatic heterocycles. The first-order chi connectivity index (χ1) is 7.66. The average molecular weight is 298 g/mol. The third-order valence-electron chi connectivity index (χ3n) is 2.23. The highest BCUT2D eigenvalue weighted by molar-refractivity contribution is 9.10. The molecule has 2 heterocycles. The second-order valence-electron chi connectivity index (χ2n) is 3.54. The molecule has 0 aliphatic carbocycles. The Labute approximate surface area is 107 Å². The second kappa shape index (κ2) is 4.93. The quantitative estimate of drug-likeness (QED) is 0.871. The summed E-state index contributed by atoms with van der Waals surface area (Å²) in [7, 11) is 2.05. The molecule has 0 amide bonds. The Morgan fingerprint density at radius 1 is 1.50 bits per heavy atom. The number of halogens is 1. The number of hydrogen-bond donors (Lipinski definition) is 0. The molecule has 2 aromatic rings. The largest absolute Gasteiger partial charge is 0.368 e. The predicted molar refractivity (Wildman–Crippen MR) is 70.9 cm³/mol. The molecule has 2 rings (SSSR count). The Morgan fingerprint density at radius 3 is 2.94 bits per heavy atom. The molecule has 5 heteroatoms. The molecule has 0 saturated carbocycles. The van der Waals surface area contributed by atoms with Gasteiger partial charge < -0.3 is 4.90 Å². The lowest BCUT2D eigenvalue weighted by atomic mass is 10.3. The molecule has 0 atom stereocenters. The van der Waals surface area contributed by atoms with E-state index in [1.807, 2.05) is 13.0 Å². The van der Waals surface area contributed by atoms with Gasteiger partial charge in [-0.2, -0.15) is 0 Å². The van der Waals surface area contributed by atoms with Crippen molar-refractivity contribution >= 4 is 33.0 Å². The lowest BCUT2D eigenvalue weighted by Gasteiger charge is -2.19. The molecule has 0 fully saturated rings. The number of anilines is 1. The Hall–Kier alpha value is -0.940. The molecular weight excluding hydrogens is 286 g/mol. The summed E-state index contributed by atoms with van der Waals surface area (Å²) in [5.74, 6) is 0. The summed E-state index contributed by atoms with van der Waals surface area (Å²) < 4.78 is 1.00. The molecular formula is C11H12BrN3S. The molecule has 0 unspecified atom stereocenters. The van der Waals surface area contributed by atoms with Crippen LogP contribution >= 0.6 is 27.3 Å². The highest BCUT2D eigenvalue weighted by Gasteiger charge is 2.07. The summed E-state index contributed by atoms with van der Waals surface area (Å²) >= 11 is 5.18. The molecule has 0 saturated heterocycles. The number of rotatable bonds is 3. The SMILES string of the molecule is Cc1nc(CN(C)c2ccncc2Br)cs1. The van der Waals surface area contributed by atoms with Crippen LogP contribution in [0.1, 0.15) is 10.7 Å². The first kappa shape index (κ1) is 11.5. The lowest BCUT2D eigenvalue weighted by Crippen LogP contribution is -2.17. The summed E-state index contributed by atoms with van der Waals surface area (Å²) in [6.45, 7) is 2.84. The van der Waals surface area contributed by atoms with E-state index in [1.165, 1.54) is 0 Å². The van der Waals surface area contributed by atoms with Crippen LogP contribution in [0.15, 0.2) is 28.3 Å². The topological polar surface area (TPSA) is 29.0 Å². The molecule has 0 spiro atoms. The fourth-order valence-corrected chi connectivity index (χ4v) is 2.64. The van der Waals surface area contributed by atoms with Crippen molar-refractivity contribution in [3.05, 3.63) is 39.0 Å². The standard InChI is InChI=1S/C11H12BrN3S/c1-8-14-9(7-16-8)6-15(2)11-3-4-13-5-10(11)12/h3-5,7H,6H2,1-2H3. The van der Waals surface area contributed by atoms with Gasteiger partial charge in [-0.3, -0.25) is 4.98 Å². The summed E-state index contributed by atoms with van der Waals surface area (Å²) in [5, 5.41) is 3.21. The van der Waals surface area contributed by atoms with Gasteiger partial charge in [-0.1, -0.05) is 0 Å². The van der Waals surface area contributed by atoms with Gasteiger partial charge in [0.2, 0.25) is 0 Å². The van der Waals surface area contributed by atoms with Crippen LogP contribution in [-0.2, 0) is 6.54 Å². The van der Waals surface area contributed by atoms with Gasteiger partial charge in [0.05, 0.1) is 27.4 Å². The van der Waals surface area contributed by atoms with Crippen molar-refractivity contribution in [3.63, 3.8) is 0 Å². The smallest absolute Gasteiger partial charge is 0.0898 e. The third kappa shape index (κ3) is 2.59. The van der Waals surface area contributed by atoms with E-state index in [9.17, 15) is 0 Å². The molecule has 16 heavy (non-hydrogen) atoms. The van der Waals surface area contributed by atoms with Crippen LogP contribution in [0.5, 0.6) is 0 Å². The summed E-state index contributed by atoms with van der Waals surface area (Å²) in [4.78, 5) is 10.7. The van der Waals surface area contributed by atoms with E-state index in [4.69, 9.17) is 0 Å². The van der Waals surface area contributed by atoms with Crippen molar-refractivity contribution in [2.24, 2.45) is 0 Å². The minimum absolute atomic E-state index is 0.812. The second-order valence-corrected chi connectivity index (χ2v) is 5.46. The molecule has 0 aliphatic rings. The Morgan fingerprint density at radius 2 is 2.31 bits per heavy atom. The van der Waals surface area contributed by atoms with Crippen LogP contribution in [0.4, 0.5) is 5.69 Å². The fraction of sp³-hybridized carbons (Fsp3) is 0.273. The molecule has 84 valence electrons. The van der Waals surface area contributed by atoms with Gasteiger partial charge >= 0.3 is 0 Å². The molecule has 0 aromatic carbocycles. The van der Waals surface area contributed by atoms with Crippen molar-refractivity contribution in [1.29, 1.82) is 0 Å². The minimum Gasteiger partial charge on any atom is -0.368 e. The van der Waals surface area contributed by atoms with Gasteiger partial charge in [0.15, 0.2) is 0 Å². The van der Waals surface area contributed by atoms with Gasteiger partial charge in [0, 0.05) is 24.8 Å². The van der Waals surface area contributed by atoms with E-state index in [0.717, 1.165) is 27.4 Å². The fourth-order valence-electron chi connectivity index (χ4n) is 1.49. The maximum atomic E-state index is 4.45. The van der Waals surface area contributed by atoms with E-state index in [0.29, 0.717) is 0 Å². The molecule has 0 N–H and O–H groups in total. The normalized spacial score (nSPS) is 10.4. The number of aryl methyl sites for hydroxylation is 1. The van der Waals surface area contributed by atoms with Crippen molar-refractivity contribution < 1.29 is 0 Å². The lowest BCUT2D eigenvalue weighted by molar-refractivity contribution is 0.886. The van der Waals surface area contributed by atoms with Gasteiger partial charge in [-0.05, 0) is 28.9 Å². The maximum absolute atomic E-state index is 4.45. The van der Waals surface area contributed by atoms with Crippen LogP contribution < -0.4 is 4.90 Å². The zero-order valence-electron chi connectivity index (χ0n) is 9.14. The molecule has 0 bridgehead atoms. The number of aromatic nitrogens is 2. The first-order valence-corrected chi connectivity index (χ1v) is 6.56. The minimum atomic E-state index is 0.812. The maximum Gasteiger partial charge on any atom is 0.0898 e. The summed E-state index contributed by atoms with van der Waals surface area (Å²) in [6, 6.07) is 1.99. The zero-order chi connectivity index (χ0) is 11.5. The average Bonchev–Trinajstić information content (AvgIpc) is 2.64. The van der Waals surface area contributed by atoms with Crippen molar-refractivity contribution in [3.8, 4) is 0 Å². The third-order valence-corrected chi connectivity index (χ3v) is 3.66. The number of hydrogen-bond acceptors (Lipinski definition) is 4. The van der Waals surface area contributed by atoms with E-state index in [1.54, 1.807) is 23.7 Å². The van der Waals surface area contributed by atoms with E-state index in [-0.39, 0.29) is 0 Å². The predicted octanol–water partition coefficient (Wildman–Crippen LogP) is 3.25. The summed E-state index contributed by atoms with van der Waals surface area (Å²) in [6.07, 6.45) is 3.60. The van der Waals surface area contributed by atoms with Crippen LogP contribution in [0.25, 0.3) is 0 Å². The van der Waals surface area contributed by atoms with Crippen molar-refractivity contribution in [1.82, 2.24) is 9.97 Å². The van der Waals surface area contributed by atoms with E-state index < -0.39 is 0 Å². The number of thiazole rings is 1. The highest BCUT2D eigenvalue weighted by atomic mass is 79.9. The number of nitrogens with zero attached hydrogens (tertiary/aromatic N) is 3. The monoisotopic (exact) mass is 297 g/mol. The number of pyridine rings is 1. The summed E-state index contributed by atoms with van der Waals surface area (Å²) in [5.41, 5.74) is 2.23. The van der Waals surface area contributed by atoms with Crippen LogP contribution in [-0.4, -0.2) is 17.0 Å². The van der Waals surface area contributed by atoms with Crippen molar-refractivity contribution in [2.45, 2.75) is 13.5 Å². The van der Waals surface area contributed by atoms with Gasteiger partial charge in [-0.25, -0.2) is 4.98 Å². The molecule has 0 radical (unpaired) electrons. The Kier molecular flexibility index (Phi) is 3.56. The van der Waals surface area contributed by atoms with Gasteiger partial charge in [-0.15, -0.1) is 11.3 Å². The first-order valence-electron chi connectivity index (χ1n) is 4.88. The van der Waals surface area contributed by atoms with Crippen LogP contribution in [0.3, 0.4) is 0 Å². The zero-order valence-corrected chi connectivity index (χ0v) is 11.5. The van der Waals surface area contributed by atoms with E-state index in [2.05, 4.69) is 43.2 Å². The van der Waals surface area contributed by atoms with Gasteiger partial charge in [0.25, 0.3) is 0 Å². The van der Waals surface area contributed by atoms with Gasteiger partial charge in [0.1, 0.15) is 0 Å². The molecule has 0 aliphatic heterocycles. The Bertz CT molecular complexity index is 484. The molecule has 3 nitrogen and oxygen atoms in total. The van der Waals surface area contributed by atoms with Crippen molar-refractivity contribution in [2.75, 3.05) is 11.9 Å². The van der Waals surface area contributed by atoms with Crippen LogP contribution in [0.2, 0.25) is 0 Å².